The molecule has 0 radical (unpaired) electrons. The van der Waals surface area contributed by atoms with Gasteiger partial charge in [0.2, 0.25) is 0 Å². The van der Waals surface area contributed by atoms with Gasteiger partial charge < -0.3 is 11.1 Å². The van der Waals surface area contributed by atoms with E-state index in [1.807, 2.05) is 0 Å². The number of allylic oxidation sites excluding steroid dienone is 10. The Balaban J connectivity index is 1.55. The first-order chi connectivity index (χ1) is 29.4. The Hall–Kier alpha value is -6.12. The molecule has 6 rings (SSSR count). The highest BCUT2D eigenvalue weighted by atomic mass is 14.8. The van der Waals surface area contributed by atoms with Gasteiger partial charge in [-0.25, -0.2) is 0 Å². The molecule has 0 bridgehead atoms. The van der Waals surface area contributed by atoms with E-state index in [4.69, 9.17) is 5.73 Å². The van der Waals surface area contributed by atoms with E-state index in [0.717, 1.165) is 31.4 Å². The Kier molecular flexibility index (Phi) is 14.5. The maximum absolute atomic E-state index is 6.38. The molecule has 2 heteroatoms. The molecule has 312 valence electrons. The van der Waals surface area contributed by atoms with Gasteiger partial charge in [0.15, 0.2) is 0 Å². The summed E-state index contributed by atoms with van der Waals surface area (Å²) in [6.07, 6.45) is 21.4. The Morgan fingerprint density at radius 1 is 0.557 bits per heavy atom. The van der Waals surface area contributed by atoms with Crippen molar-refractivity contribution in [2.24, 2.45) is 11.1 Å². The fraction of sp³-hybridized carbons (Fsp3) is 0.254. The highest BCUT2D eigenvalue weighted by Gasteiger charge is 2.39. The molecule has 0 unspecified atom stereocenters. The maximum atomic E-state index is 6.38. The van der Waals surface area contributed by atoms with Crippen molar-refractivity contribution in [3.05, 3.63) is 218 Å². The van der Waals surface area contributed by atoms with E-state index in [1.165, 1.54) is 100 Å². The van der Waals surface area contributed by atoms with E-state index < -0.39 is 0 Å². The lowest BCUT2D eigenvalue weighted by Gasteiger charge is -2.24. The largest absolute Gasteiger partial charge is 0.405 e. The molecule has 61 heavy (non-hydrogen) atoms. The second-order valence-corrected chi connectivity index (χ2v) is 16.9. The van der Waals surface area contributed by atoms with Crippen LogP contribution in [0.15, 0.2) is 162 Å². The van der Waals surface area contributed by atoms with Crippen molar-refractivity contribution in [1.82, 2.24) is 0 Å². The summed E-state index contributed by atoms with van der Waals surface area (Å²) in [5.41, 5.74) is 29.8. The third kappa shape index (κ3) is 9.76. The monoisotopic (exact) mass is 803 g/mol. The molecular formula is C59H66N2. The third-order valence-electron chi connectivity index (χ3n) is 12.8. The van der Waals surface area contributed by atoms with Crippen LogP contribution in [0.5, 0.6) is 0 Å². The van der Waals surface area contributed by atoms with Crippen molar-refractivity contribution in [2.75, 3.05) is 5.32 Å². The van der Waals surface area contributed by atoms with Crippen LogP contribution < -0.4 is 11.1 Å². The van der Waals surface area contributed by atoms with Gasteiger partial charge in [0.05, 0.1) is 0 Å². The normalized spacial score (nSPS) is 14.7. The maximum Gasteiger partial charge on any atom is 0.0382 e. The summed E-state index contributed by atoms with van der Waals surface area (Å²) in [4.78, 5) is 0. The van der Waals surface area contributed by atoms with Gasteiger partial charge in [0.1, 0.15) is 0 Å². The molecule has 0 aliphatic heterocycles. The van der Waals surface area contributed by atoms with Crippen LogP contribution in [0.25, 0.3) is 34.4 Å². The lowest BCUT2D eigenvalue weighted by Crippen LogP contribution is -2.13. The van der Waals surface area contributed by atoms with E-state index in [9.17, 15) is 0 Å². The zero-order chi connectivity index (χ0) is 43.7. The van der Waals surface area contributed by atoms with Crippen LogP contribution in [0.4, 0.5) is 5.69 Å². The Labute approximate surface area is 367 Å². The summed E-state index contributed by atoms with van der Waals surface area (Å²) in [6, 6.07) is 38.1. The first-order valence-corrected chi connectivity index (χ1v) is 22.3. The molecule has 0 heterocycles. The number of nitrogens with one attached hydrogen (secondary N) is 1. The van der Waals surface area contributed by atoms with Crippen molar-refractivity contribution >= 4 is 29.0 Å². The van der Waals surface area contributed by atoms with Gasteiger partial charge in [-0.3, -0.25) is 0 Å². The molecule has 0 amide bonds. The van der Waals surface area contributed by atoms with E-state index in [0.29, 0.717) is 0 Å². The Morgan fingerprint density at radius 3 is 1.79 bits per heavy atom. The average Bonchev–Trinajstić information content (AvgIpc) is 3.48. The highest BCUT2D eigenvalue weighted by Crippen LogP contribution is 2.56. The number of hydrogen-bond donors (Lipinski definition) is 2. The first kappa shape index (κ1) is 44.4. The quantitative estimate of drug-likeness (QED) is 0.103. The fourth-order valence-electron chi connectivity index (χ4n) is 8.78. The van der Waals surface area contributed by atoms with Gasteiger partial charge in [-0.1, -0.05) is 157 Å². The van der Waals surface area contributed by atoms with E-state index in [-0.39, 0.29) is 5.41 Å². The zero-order valence-corrected chi connectivity index (χ0v) is 38.3. The lowest BCUT2D eigenvalue weighted by atomic mass is 9.79. The molecule has 3 N–H and O–H groups in total. The van der Waals surface area contributed by atoms with Gasteiger partial charge in [-0.2, -0.15) is 0 Å². The molecule has 1 aliphatic rings. The van der Waals surface area contributed by atoms with Crippen LogP contribution in [-0.4, -0.2) is 0 Å². The number of hydrogen-bond acceptors (Lipinski definition) is 2. The second kappa shape index (κ2) is 20.0. The molecule has 0 saturated carbocycles. The van der Waals surface area contributed by atoms with Crippen molar-refractivity contribution in [2.45, 2.75) is 94.9 Å². The summed E-state index contributed by atoms with van der Waals surface area (Å²) in [5.74, 6) is 0. The number of benzene rings is 5. The molecule has 1 aliphatic carbocycles. The number of nitrogens with two attached hydrogens (primary N) is 1. The zero-order valence-electron chi connectivity index (χ0n) is 38.3. The first-order valence-electron chi connectivity index (χ1n) is 22.3. The minimum absolute atomic E-state index is 0.379. The summed E-state index contributed by atoms with van der Waals surface area (Å²) < 4.78 is 0. The van der Waals surface area contributed by atoms with Crippen LogP contribution in [0.3, 0.4) is 0 Å². The van der Waals surface area contributed by atoms with Gasteiger partial charge in [0.25, 0.3) is 0 Å². The fourth-order valence-corrected chi connectivity index (χ4v) is 8.78. The number of anilines is 1. The summed E-state index contributed by atoms with van der Waals surface area (Å²) in [6.45, 7) is 22.4. The van der Waals surface area contributed by atoms with E-state index in [2.05, 4.69) is 220 Å². The molecule has 2 nitrogen and oxygen atoms in total. The predicted molar refractivity (Wildman–Crippen MR) is 268 cm³/mol. The standard InChI is InChI=1S/C59H66N2/c1-11-45(28-26-44-25-23-40(5)42(7)37-44)46(12-2)29-30-49-19-15-16-21-53(49)57-55(33-35-60)59(9,10)56(34-36-61-51-32-31-47(13-3)48(14-4)39-51)58(57)54-22-18-17-20-52(54)50-27-24-41(6)43(8)38-50/h15-39,61H,11-14,60H2,1-10H3/b28-26-,30-29+,35-33+,36-34+,46-45-. The van der Waals surface area contributed by atoms with Crippen LogP contribution in [0.2, 0.25) is 0 Å². The van der Waals surface area contributed by atoms with Gasteiger partial charge in [0, 0.05) is 17.3 Å². The van der Waals surface area contributed by atoms with Crippen LogP contribution in [0, 0.1) is 33.1 Å². The van der Waals surface area contributed by atoms with Gasteiger partial charge >= 0.3 is 0 Å². The van der Waals surface area contributed by atoms with Crippen LogP contribution >= 0.6 is 0 Å². The molecular weight excluding hydrogens is 737 g/mol. The third-order valence-corrected chi connectivity index (χ3v) is 12.8. The summed E-state index contributed by atoms with van der Waals surface area (Å²) in [7, 11) is 0. The predicted octanol–water partition coefficient (Wildman–Crippen LogP) is 15.9. The topological polar surface area (TPSA) is 38.0 Å². The van der Waals surface area contributed by atoms with Crippen molar-refractivity contribution in [3.63, 3.8) is 0 Å². The van der Waals surface area contributed by atoms with E-state index >= 15 is 0 Å². The SMILES string of the molecule is CCC(/C=C\c1ccc(C)c(C)c1)=C(/C=C/c1ccccc1C1=C(/C=C/N)C(C)(C)C(/C=C/Nc2ccc(CC)c(CC)c2)=C1c1ccccc1-c1ccc(C)c(C)c1)CC. The molecule has 0 aromatic heterocycles. The molecule has 5 aromatic carbocycles. The summed E-state index contributed by atoms with van der Waals surface area (Å²) in [5, 5.41) is 3.66. The minimum Gasteiger partial charge on any atom is -0.405 e. The smallest absolute Gasteiger partial charge is 0.0382 e. The van der Waals surface area contributed by atoms with Crippen molar-refractivity contribution in [1.29, 1.82) is 0 Å². The minimum atomic E-state index is -0.379. The highest BCUT2D eigenvalue weighted by molar-refractivity contribution is 6.15. The van der Waals surface area contributed by atoms with Crippen LogP contribution in [-0.2, 0) is 12.8 Å². The average molecular weight is 803 g/mol. The number of aryl methyl sites for hydroxylation is 6. The Bertz CT molecular complexity index is 2610. The van der Waals surface area contributed by atoms with Crippen molar-refractivity contribution in [3.8, 4) is 11.1 Å². The molecule has 0 saturated heterocycles. The van der Waals surface area contributed by atoms with Gasteiger partial charge in [-0.05, 0) is 184 Å². The molecule has 5 aromatic rings. The molecule has 0 fully saturated rings. The molecule has 0 atom stereocenters. The second-order valence-electron chi connectivity index (χ2n) is 16.9. The molecule has 0 spiro atoms. The van der Waals surface area contributed by atoms with E-state index in [1.54, 1.807) is 6.20 Å². The van der Waals surface area contributed by atoms with Crippen LogP contribution in [0.1, 0.15) is 110 Å². The summed E-state index contributed by atoms with van der Waals surface area (Å²) >= 11 is 0. The van der Waals surface area contributed by atoms with Crippen molar-refractivity contribution < 1.29 is 0 Å². The van der Waals surface area contributed by atoms with Gasteiger partial charge in [-0.15, -0.1) is 0 Å². The number of rotatable bonds is 15. The Morgan fingerprint density at radius 2 is 1.15 bits per heavy atom. The lowest BCUT2D eigenvalue weighted by molar-refractivity contribution is 0.579.